The van der Waals surface area contributed by atoms with Crippen LogP contribution >= 0.6 is 0 Å². The lowest BCUT2D eigenvalue weighted by Gasteiger charge is -2.15. The van der Waals surface area contributed by atoms with E-state index in [4.69, 9.17) is 4.42 Å². The van der Waals surface area contributed by atoms with E-state index in [1.807, 2.05) is 38.1 Å². The fraction of sp³-hybridized carbons (Fsp3) is 0.333. The summed E-state index contributed by atoms with van der Waals surface area (Å²) in [7, 11) is 0. The van der Waals surface area contributed by atoms with Crippen molar-refractivity contribution in [2.75, 3.05) is 0 Å². The van der Waals surface area contributed by atoms with E-state index in [0.717, 1.165) is 11.1 Å². The molecule has 0 radical (unpaired) electrons. The molecule has 0 N–H and O–H groups in total. The molecular formula is C12H13NO2. The maximum Gasteiger partial charge on any atom is 0.208 e. The lowest BCUT2D eigenvalue weighted by Crippen LogP contribution is -2.26. The van der Waals surface area contributed by atoms with Gasteiger partial charge in [0.05, 0.1) is 5.41 Å². The highest BCUT2D eigenvalue weighted by Crippen LogP contribution is 2.26. The summed E-state index contributed by atoms with van der Waals surface area (Å²) in [5.41, 5.74) is 0.864. The molecule has 0 fully saturated rings. The Morgan fingerprint density at radius 1 is 1.33 bits per heavy atom. The maximum atomic E-state index is 11.4. The number of carbonyl (C=O) groups is 1. The zero-order chi connectivity index (χ0) is 11.1. The van der Waals surface area contributed by atoms with Crippen molar-refractivity contribution >= 4 is 16.9 Å². The van der Waals surface area contributed by atoms with Crippen LogP contribution in [0.5, 0.6) is 0 Å². The SMILES string of the molecule is CC(=O)C(C)(C)c1nc2ccccc2o1. The smallest absolute Gasteiger partial charge is 0.208 e. The van der Waals surface area contributed by atoms with Gasteiger partial charge in [0.15, 0.2) is 5.58 Å². The van der Waals surface area contributed by atoms with Gasteiger partial charge in [-0.05, 0) is 32.9 Å². The molecule has 78 valence electrons. The van der Waals surface area contributed by atoms with Crippen molar-refractivity contribution in [3.05, 3.63) is 30.2 Å². The average molecular weight is 203 g/mol. The number of aromatic nitrogens is 1. The van der Waals surface area contributed by atoms with Crippen molar-refractivity contribution in [2.24, 2.45) is 0 Å². The molecule has 0 aliphatic heterocycles. The molecule has 0 saturated carbocycles. The van der Waals surface area contributed by atoms with Crippen LogP contribution in [0.1, 0.15) is 26.7 Å². The normalized spacial score (nSPS) is 11.9. The van der Waals surface area contributed by atoms with Crippen molar-refractivity contribution in [3.8, 4) is 0 Å². The fourth-order valence-corrected chi connectivity index (χ4v) is 1.29. The lowest BCUT2D eigenvalue weighted by atomic mass is 9.89. The summed E-state index contributed by atoms with van der Waals surface area (Å²) in [6.45, 7) is 5.19. The molecule has 1 aromatic carbocycles. The molecule has 0 aliphatic carbocycles. The summed E-state index contributed by atoms with van der Waals surface area (Å²) in [4.78, 5) is 15.8. The molecule has 2 rings (SSSR count). The highest BCUT2D eigenvalue weighted by molar-refractivity contribution is 5.86. The van der Waals surface area contributed by atoms with E-state index in [0.29, 0.717) is 5.89 Å². The van der Waals surface area contributed by atoms with Gasteiger partial charge in [0.25, 0.3) is 0 Å². The van der Waals surface area contributed by atoms with Crippen LogP contribution in [-0.4, -0.2) is 10.8 Å². The van der Waals surface area contributed by atoms with Gasteiger partial charge in [-0.3, -0.25) is 4.79 Å². The van der Waals surface area contributed by atoms with Crippen molar-refractivity contribution < 1.29 is 9.21 Å². The van der Waals surface area contributed by atoms with Crippen LogP contribution in [0, 0.1) is 0 Å². The first kappa shape index (κ1) is 9.90. The third-order valence-electron chi connectivity index (χ3n) is 2.71. The number of hydrogen-bond donors (Lipinski definition) is 0. The molecule has 3 heteroatoms. The van der Waals surface area contributed by atoms with E-state index >= 15 is 0 Å². The second kappa shape index (κ2) is 3.19. The standard InChI is InChI=1S/C12H13NO2/c1-8(14)12(2,3)11-13-9-6-4-5-7-10(9)15-11/h4-7H,1-3H3. The lowest BCUT2D eigenvalue weighted by molar-refractivity contribution is -0.121. The molecule has 0 atom stereocenters. The van der Waals surface area contributed by atoms with Crippen LogP contribution < -0.4 is 0 Å². The Morgan fingerprint density at radius 2 is 2.00 bits per heavy atom. The maximum absolute atomic E-state index is 11.4. The van der Waals surface area contributed by atoms with Gasteiger partial charge in [-0.1, -0.05) is 12.1 Å². The van der Waals surface area contributed by atoms with Gasteiger partial charge < -0.3 is 4.42 Å². The van der Waals surface area contributed by atoms with Crippen molar-refractivity contribution in [1.29, 1.82) is 0 Å². The molecule has 15 heavy (non-hydrogen) atoms. The number of nitrogens with zero attached hydrogens (tertiary/aromatic N) is 1. The number of para-hydroxylation sites is 2. The van der Waals surface area contributed by atoms with Gasteiger partial charge in [-0.25, -0.2) is 4.98 Å². The van der Waals surface area contributed by atoms with E-state index < -0.39 is 5.41 Å². The highest BCUT2D eigenvalue weighted by atomic mass is 16.3. The Morgan fingerprint density at radius 3 is 2.60 bits per heavy atom. The predicted molar refractivity (Wildman–Crippen MR) is 57.7 cm³/mol. The van der Waals surface area contributed by atoms with E-state index in [1.165, 1.54) is 0 Å². The molecule has 0 saturated heterocycles. The Hall–Kier alpha value is -1.64. The van der Waals surface area contributed by atoms with Crippen molar-refractivity contribution in [3.63, 3.8) is 0 Å². The van der Waals surface area contributed by atoms with Crippen molar-refractivity contribution in [1.82, 2.24) is 4.98 Å². The molecule has 1 heterocycles. The molecule has 0 unspecified atom stereocenters. The monoisotopic (exact) mass is 203 g/mol. The molecule has 0 aliphatic rings. The van der Waals surface area contributed by atoms with Crippen LogP contribution in [-0.2, 0) is 10.2 Å². The third kappa shape index (κ3) is 1.54. The van der Waals surface area contributed by atoms with Gasteiger partial charge in [0.1, 0.15) is 11.3 Å². The van der Waals surface area contributed by atoms with Gasteiger partial charge in [-0.2, -0.15) is 0 Å². The molecular weight excluding hydrogens is 190 g/mol. The van der Waals surface area contributed by atoms with Gasteiger partial charge in [-0.15, -0.1) is 0 Å². The minimum atomic E-state index is -0.654. The summed E-state index contributed by atoms with van der Waals surface area (Å²) < 4.78 is 5.56. The zero-order valence-electron chi connectivity index (χ0n) is 9.07. The number of rotatable bonds is 2. The van der Waals surface area contributed by atoms with E-state index in [-0.39, 0.29) is 5.78 Å². The number of benzene rings is 1. The Balaban J connectivity index is 2.58. The summed E-state index contributed by atoms with van der Waals surface area (Å²) in [6.07, 6.45) is 0. The number of carbonyl (C=O) groups excluding carboxylic acids is 1. The first-order chi connectivity index (χ1) is 7.01. The highest BCUT2D eigenvalue weighted by Gasteiger charge is 2.31. The third-order valence-corrected chi connectivity index (χ3v) is 2.71. The molecule has 3 nitrogen and oxygen atoms in total. The molecule has 0 amide bonds. The van der Waals surface area contributed by atoms with E-state index in [1.54, 1.807) is 6.92 Å². The minimum Gasteiger partial charge on any atom is -0.440 e. The van der Waals surface area contributed by atoms with Gasteiger partial charge in [0, 0.05) is 0 Å². The average Bonchev–Trinajstić information content (AvgIpc) is 2.61. The summed E-state index contributed by atoms with van der Waals surface area (Å²) >= 11 is 0. The Kier molecular flexibility index (Phi) is 2.11. The summed E-state index contributed by atoms with van der Waals surface area (Å²) in [6, 6.07) is 7.51. The first-order valence-electron chi connectivity index (χ1n) is 4.89. The second-order valence-corrected chi connectivity index (χ2v) is 4.17. The summed E-state index contributed by atoms with van der Waals surface area (Å²) in [5.74, 6) is 0.533. The number of Topliss-reactive ketones (excluding diaryl/α,β-unsaturated/α-hetero) is 1. The zero-order valence-corrected chi connectivity index (χ0v) is 9.07. The van der Waals surface area contributed by atoms with Crippen LogP contribution in [0.2, 0.25) is 0 Å². The van der Waals surface area contributed by atoms with Gasteiger partial charge in [0.2, 0.25) is 5.89 Å². The number of ketones is 1. The van der Waals surface area contributed by atoms with Crippen molar-refractivity contribution in [2.45, 2.75) is 26.2 Å². The molecule has 0 bridgehead atoms. The Labute approximate surface area is 88.1 Å². The number of oxazole rings is 1. The van der Waals surface area contributed by atoms with Gasteiger partial charge >= 0.3 is 0 Å². The quantitative estimate of drug-likeness (QED) is 0.753. The van der Waals surface area contributed by atoms with Crippen LogP contribution in [0.25, 0.3) is 11.1 Å². The summed E-state index contributed by atoms with van der Waals surface area (Å²) in [5, 5.41) is 0. The Bertz CT molecular complexity index is 478. The molecule has 0 spiro atoms. The number of hydrogen-bond acceptors (Lipinski definition) is 3. The topological polar surface area (TPSA) is 43.1 Å². The number of fused-ring (bicyclic) bond motifs is 1. The predicted octanol–water partition coefficient (Wildman–Crippen LogP) is 2.69. The van der Waals surface area contributed by atoms with Crippen LogP contribution in [0.4, 0.5) is 0 Å². The fourth-order valence-electron chi connectivity index (χ4n) is 1.29. The van der Waals surface area contributed by atoms with E-state index in [9.17, 15) is 4.79 Å². The first-order valence-corrected chi connectivity index (χ1v) is 4.89. The molecule has 1 aromatic heterocycles. The van der Waals surface area contributed by atoms with Crippen LogP contribution in [0.3, 0.4) is 0 Å². The largest absolute Gasteiger partial charge is 0.440 e. The second-order valence-electron chi connectivity index (χ2n) is 4.17. The van der Waals surface area contributed by atoms with Crippen LogP contribution in [0.15, 0.2) is 28.7 Å². The van der Waals surface area contributed by atoms with E-state index in [2.05, 4.69) is 4.98 Å². The minimum absolute atomic E-state index is 0.0501. The molecule has 2 aromatic rings.